The average molecular weight is 422 g/mol. The van der Waals surface area contributed by atoms with Crippen LogP contribution in [0.1, 0.15) is 80.2 Å². The Morgan fingerprint density at radius 3 is 2.23 bits per heavy atom. The van der Waals surface area contributed by atoms with Gasteiger partial charge in [0.25, 0.3) is 11.8 Å². The molecule has 2 amide bonds. The van der Waals surface area contributed by atoms with Crippen molar-refractivity contribution in [3.8, 4) is 0 Å². The number of nitrogens with zero attached hydrogens (tertiary/aromatic N) is 1. The van der Waals surface area contributed by atoms with Crippen molar-refractivity contribution in [1.82, 2.24) is 5.32 Å². The van der Waals surface area contributed by atoms with Gasteiger partial charge in [-0.1, -0.05) is 39.8 Å². The third kappa shape index (κ3) is 5.66. The molecule has 2 aromatic carbocycles. The van der Waals surface area contributed by atoms with Crippen LogP contribution in [0, 0.1) is 0 Å². The summed E-state index contributed by atoms with van der Waals surface area (Å²) in [6.07, 6.45) is 3.14. The van der Waals surface area contributed by atoms with Crippen LogP contribution in [0.3, 0.4) is 0 Å². The van der Waals surface area contributed by atoms with E-state index in [0.29, 0.717) is 16.8 Å². The minimum Gasteiger partial charge on any atom is -0.371 e. The van der Waals surface area contributed by atoms with Crippen LogP contribution in [0.25, 0.3) is 0 Å². The van der Waals surface area contributed by atoms with Crippen molar-refractivity contribution in [2.75, 3.05) is 23.3 Å². The molecule has 0 saturated carbocycles. The Morgan fingerprint density at radius 2 is 1.65 bits per heavy atom. The molecule has 5 nitrogen and oxygen atoms in total. The van der Waals surface area contributed by atoms with E-state index in [2.05, 4.69) is 36.3 Å². The maximum Gasteiger partial charge on any atom is 0.255 e. The van der Waals surface area contributed by atoms with E-state index in [0.717, 1.165) is 38.0 Å². The zero-order chi connectivity index (χ0) is 22.6. The van der Waals surface area contributed by atoms with Gasteiger partial charge >= 0.3 is 0 Å². The van der Waals surface area contributed by atoms with Crippen molar-refractivity contribution in [2.45, 2.75) is 65.3 Å². The standard InChI is InChI=1S/C26H35N3O2/c1-6-18(2)27-25(31)22-17-21(13-14-23(22)29-15-7-8-16-29)28-24(30)19-9-11-20(12-10-19)26(3,4)5/h9-14,17-18H,6-8,15-16H2,1-5H3,(H,27,31)(H,28,30). The molecule has 31 heavy (non-hydrogen) atoms. The van der Waals surface area contributed by atoms with Gasteiger partial charge in [-0.15, -0.1) is 0 Å². The van der Waals surface area contributed by atoms with Crippen LogP contribution in [0.2, 0.25) is 0 Å². The lowest BCUT2D eigenvalue weighted by Gasteiger charge is -2.23. The van der Waals surface area contributed by atoms with Crippen LogP contribution in [0.4, 0.5) is 11.4 Å². The van der Waals surface area contributed by atoms with Crippen LogP contribution >= 0.6 is 0 Å². The smallest absolute Gasteiger partial charge is 0.255 e. The van der Waals surface area contributed by atoms with Crippen molar-refractivity contribution in [1.29, 1.82) is 0 Å². The molecule has 0 aliphatic carbocycles. The lowest BCUT2D eigenvalue weighted by Crippen LogP contribution is -2.33. The van der Waals surface area contributed by atoms with Crippen LogP contribution in [0.15, 0.2) is 42.5 Å². The van der Waals surface area contributed by atoms with Gasteiger partial charge in [-0.2, -0.15) is 0 Å². The van der Waals surface area contributed by atoms with Gasteiger partial charge in [-0.05, 0) is 67.5 Å². The second-order valence-electron chi connectivity index (χ2n) is 9.49. The number of nitrogens with one attached hydrogen (secondary N) is 2. The quantitative estimate of drug-likeness (QED) is 0.660. The maximum absolute atomic E-state index is 13.0. The first kappa shape index (κ1) is 22.9. The summed E-state index contributed by atoms with van der Waals surface area (Å²) in [6.45, 7) is 12.4. The molecule has 1 aliphatic heterocycles. The predicted molar refractivity (Wildman–Crippen MR) is 128 cm³/mol. The van der Waals surface area contributed by atoms with E-state index < -0.39 is 0 Å². The van der Waals surface area contributed by atoms with Crippen molar-refractivity contribution < 1.29 is 9.59 Å². The molecule has 1 unspecified atom stereocenters. The van der Waals surface area contributed by atoms with Crippen molar-refractivity contribution in [3.63, 3.8) is 0 Å². The fourth-order valence-corrected chi connectivity index (χ4v) is 3.76. The molecule has 0 aromatic heterocycles. The minimum atomic E-state index is -0.178. The van der Waals surface area contributed by atoms with Crippen LogP contribution < -0.4 is 15.5 Å². The molecule has 3 rings (SSSR count). The highest BCUT2D eigenvalue weighted by Crippen LogP contribution is 2.28. The largest absolute Gasteiger partial charge is 0.371 e. The Labute approximate surface area is 186 Å². The topological polar surface area (TPSA) is 61.4 Å². The van der Waals surface area contributed by atoms with Gasteiger partial charge in [-0.25, -0.2) is 0 Å². The first-order valence-electron chi connectivity index (χ1n) is 11.3. The SMILES string of the molecule is CCC(C)NC(=O)c1cc(NC(=O)c2ccc(C(C)(C)C)cc2)ccc1N1CCCC1. The Kier molecular flexibility index (Phi) is 7.04. The lowest BCUT2D eigenvalue weighted by molar-refractivity contribution is 0.0938. The van der Waals surface area contributed by atoms with Gasteiger partial charge in [0.15, 0.2) is 0 Å². The van der Waals surface area contributed by atoms with Gasteiger partial charge in [0.05, 0.1) is 5.56 Å². The second-order valence-corrected chi connectivity index (χ2v) is 9.49. The zero-order valence-corrected chi connectivity index (χ0v) is 19.4. The molecule has 1 fully saturated rings. The molecule has 166 valence electrons. The zero-order valence-electron chi connectivity index (χ0n) is 19.4. The Bertz CT molecular complexity index is 923. The monoisotopic (exact) mass is 421 g/mol. The van der Waals surface area contributed by atoms with Gasteiger partial charge in [0, 0.05) is 36.1 Å². The van der Waals surface area contributed by atoms with E-state index in [-0.39, 0.29) is 23.3 Å². The van der Waals surface area contributed by atoms with Gasteiger partial charge in [-0.3, -0.25) is 9.59 Å². The fraction of sp³-hybridized carbons (Fsp3) is 0.462. The summed E-state index contributed by atoms with van der Waals surface area (Å²) in [5.41, 5.74) is 4.00. The summed E-state index contributed by atoms with van der Waals surface area (Å²) < 4.78 is 0. The molecule has 0 spiro atoms. The summed E-state index contributed by atoms with van der Waals surface area (Å²) >= 11 is 0. The summed E-state index contributed by atoms with van der Waals surface area (Å²) in [4.78, 5) is 28.0. The minimum absolute atomic E-state index is 0.0400. The number of hydrogen-bond donors (Lipinski definition) is 2. The Balaban J connectivity index is 1.83. The molecule has 0 radical (unpaired) electrons. The van der Waals surface area contributed by atoms with Gasteiger partial charge in [0.2, 0.25) is 0 Å². The first-order valence-corrected chi connectivity index (χ1v) is 11.3. The molecule has 1 heterocycles. The molecule has 1 aliphatic rings. The van der Waals surface area contributed by atoms with Crippen LogP contribution in [-0.2, 0) is 5.41 Å². The fourth-order valence-electron chi connectivity index (χ4n) is 3.76. The molecule has 1 saturated heterocycles. The number of benzene rings is 2. The van der Waals surface area contributed by atoms with E-state index in [9.17, 15) is 9.59 Å². The number of amides is 2. The number of carbonyl (C=O) groups is 2. The normalized spacial score (nSPS) is 14.9. The average Bonchev–Trinajstić information content (AvgIpc) is 3.27. The van der Waals surface area contributed by atoms with Gasteiger partial charge < -0.3 is 15.5 Å². The highest BCUT2D eigenvalue weighted by atomic mass is 16.2. The molecule has 1 atom stereocenters. The van der Waals surface area contributed by atoms with E-state index >= 15 is 0 Å². The van der Waals surface area contributed by atoms with Crippen LogP contribution in [-0.4, -0.2) is 30.9 Å². The molecule has 2 N–H and O–H groups in total. The number of carbonyl (C=O) groups excluding carboxylic acids is 2. The number of rotatable bonds is 6. The first-order chi connectivity index (χ1) is 14.7. The van der Waals surface area contributed by atoms with Crippen molar-refractivity contribution >= 4 is 23.2 Å². The van der Waals surface area contributed by atoms with E-state index in [1.165, 1.54) is 5.56 Å². The third-order valence-corrected chi connectivity index (χ3v) is 5.95. The van der Waals surface area contributed by atoms with Gasteiger partial charge in [0.1, 0.15) is 0 Å². The van der Waals surface area contributed by atoms with E-state index in [1.54, 1.807) is 6.07 Å². The van der Waals surface area contributed by atoms with Crippen molar-refractivity contribution in [2.24, 2.45) is 0 Å². The van der Waals surface area contributed by atoms with E-state index in [4.69, 9.17) is 0 Å². The summed E-state index contributed by atoms with van der Waals surface area (Å²) in [7, 11) is 0. The highest BCUT2D eigenvalue weighted by Gasteiger charge is 2.21. The summed E-state index contributed by atoms with van der Waals surface area (Å²) in [6, 6.07) is 13.4. The molecular formula is C26H35N3O2. The maximum atomic E-state index is 13.0. The molecular weight excluding hydrogens is 386 g/mol. The summed E-state index contributed by atoms with van der Waals surface area (Å²) in [5, 5.41) is 6.02. The molecule has 5 heteroatoms. The predicted octanol–water partition coefficient (Wildman–Crippen LogP) is 5.36. The molecule has 2 aromatic rings. The Morgan fingerprint density at radius 1 is 1.00 bits per heavy atom. The lowest BCUT2D eigenvalue weighted by atomic mass is 9.87. The van der Waals surface area contributed by atoms with Crippen LogP contribution in [0.5, 0.6) is 0 Å². The Hall–Kier alpha value is -2.82. The molecule has 0 bridgehead atoms. The highest BCUT2D eigenvalue weighted by molar-refractivity contribution is 6.06. The third-order valence-electron chi connectivity index (χ3n) is 5.95. The van der Waals surface area contributed by atoms with Crippen molar-refractivity contribution in [3.05, 3.63) is 59.2 Å². The summed E-state index contributed by atoms with van der Waals surface area (Å²) in [5.74, 6) is -0.274. The second kappa shape index (κ2) is 9.54. The number of hydrogen-bond acceptors (Lipinski definition) is 3. The van der Waals surface area contributed by atoms with E-state index in [1.807, 2.05) is 50.2 Å². The number of anilines is 2.